The van der Waals surface area contributed by atoms with Crippen LogP contribution in [-0.2, 0) is 14.8 Å². The molecule has 0 aliphatic heterocycles. The first-order chi connectivity index (χ1) is 12.3. The number of nitrogens with zero attached hydrogens (tertiary/aromatic N) is 1. The molecule has 7 heteroatoms. The summed E-state index contributed by atoms with van der Waals surface area (Å²) >= 11 is 0. The summed E-state index contributed by atoms with van der Waals surface area (Å²) < 4.78 is 25.6. The highest BCUT2D eigenvalue weighted by Crippen LogP contribution is 2.18. The normalized spacial score (nSPS) is 18.2. The van der Waals surface area contributed by atoms with Gasteiger partial charge in [-0.3, -0.25) is 4.79 Å². The van der Waals surface area contributed by atoms with Crippen molar-refractivity contribution in [2.45, 2.75) is 68.8 Å². The van der Waals surface area contributed by atoms with Crippen molar-refractivity contribution in [1.82, 2.24) is 4.31 Å². The van der Waals surface area contributed by atoms with Gasteiger partial charge in [0.1, 0.15) is 0 Å². The Kier molecular flexibility index (Phi) is 7.61. The van der Waals surface area contributed by atoms with Crippen molar-refractivity contribution in [2.75, 3.05) is 19.4 Å². The molecule has 6 nitrogen and oxygen atoms in total. The van der Waals surface area contributed by atoms with Crippen molar-refractivity contribution in [2.24, 2.45) is 0 Å². The predicted octanol–water partition coefficient (Wildman–Crippen LogP) is 1.94. The number of anilines is 1. The van der Waals surface area contributed by atoms with E-state index in [1.54, 1.807) is 12.1 Å². The van der Waals surface area contributed by atoms with Crippen molar-refractivity contribution < 1.29 is 18.5 Å². The molecule has 2 rings (SSSR count). The molecule has 1 amide bonds. The van der Waals surface area contributed by atoms with Gasteiger partial charge < -0.3 is 10.6 Å². The molecule has 1 aliphatic rings. The molecule has 26 heavy (non-hydrogen) atoms. The van der Waals surface area contributed by atoms with Crippen molar-refractivity contribution in [3.8, 4) is 0 Å². The van der Waals surface area contributed by atoms with Crippen LogP contribution in [0.2, 0.25) is 0 Å². The zero-order valence-corrected chi connectivity index (χ0v) is 16.9. The number of hydrogen-bond acceptors (Lipinski definition) is 3. The van der Waals surface area contributed by atoms with E-state index in [-0.39, 0.29) is 16.8 Å². The molecule has 3 N–H and O–H groups in total. The van der Waals surface area contributed by atoms with E-state index in [2.05, 4.69) is 10.6 Å². The monoisotopic (exact) mass is 382 g/mol. The number of carbonyl (C=O) groups is 1. The Morgan fingerprint density at radius 1 is 1.15 bits per heavy atom. The molecule has 1 atom stereocenters. The molecule has 1 aromatic rings. The molecule has 1 fully saturated rings. The summed E-state index contributed by atoms with van der Waals surface area (Å²) in [5.74, 6) is -0.0912. The Bertz CT molecular complexity index is 696. The standard InChI is InChI=1S/C19H31N3O3S/c1-15(20-16-10-7-5-4-6-8-11-16)19(23)21-17-12-9-13-18(14-17)26(24,25)22(2)3/h9,12-16,20H,4-8,10-11H2,1-3H3,(H,21,23)/p+1/t15-/m0/s1. The third kappa shape index (κ3) is 5.79. The maximum absolute atomic E-state index is 12.5. The van der Waals surface area contributed by atoms with Gasteiger partial charge in [-0.2, -0.15) is 0 Å². The van der Waals surface area contributed by atoms with Crippen LogP contribution in [0.4, 0.5) is 5.69 Å². The van der Waals surface area contributed by atoms with Gasteiger partial charge in [-0.05, 0) is 50.8 Å². The molecule has 1 saturated carbocycles. The second kappa shape index (κ2) is 9.48. The number of quaternary nitrogens is 1. The number of hydrogen-bond donors (Lipinski definition) is 2. The lowest BCUT2D eigenvalue weighted by Crippen LogP contribution is -2.96. The van der Waals surface area contributed by atoms with Gasteiger partial charge in [-0.1, -0.05) is 25.3 Å². The number of sulfonamides is 1. The molecule has 0 spiro atoms. The molecule has 0 bridgehead atoms. The van der Waals surface area contributed by atoms with Crippen molar-refractivity contribution in [1.29, 1.82) is 0 Å². The van der Waals surface area contributed by atoms with Gasteiger partial charge >= 0.3 is 0 Å². The largest absolute Gasteiger partial charge is 0.334 e. The number of amides is 1. The second-order valence-corrected chi connectivity index (χ2v) is 9.54. The summed E-state index contributed by atoms with van der Waals surface area (Å²) in [7, 11) is -0.526. The van der Waals surface area contributed by atoms with Crippen LogP contribution in [0.25, 0.3) is 0 Å². The molecule has 146 valence electrons. The van der Waals surface area contributed by atoms with Crippen LogP contribution in [-0.4, -0.2) is 44.8 Å². The summed E-state index contributed by atoms with van der Waals surface area (Å²) in [5.41, 5.74) is 0.510. The molecule has 0 radical (unpaired) electrons. The molecular weight excluding hydrogens is 350 g/mol. The summed E-state index contributed by atoms with van der Waals surface area (Å²) in [4.78, 5) is 12.7. The first kappa shape index (κ1) is 20.9. The quantitative estimate of drug-likeness (QED) is 0.789. The molecule has 0 heterocycles. The van der Waals surface area contributed by atoms with Gasteiger partial charge in [0.25, 0.3) is 5.91 Å². The Hall–Kier alpha value is -1.44. The summed E-state index contributed by atoms with van der Waals surface area (Å²) in [5, 5.41) is 5.03. The highest BCUT2D eigenvalue weighted by Gasteiger charge is 2.23. The highest BCUT2D eigenvalue weighted by molar-refractivity contribution is 7.89. The molecule has 0 unspecified atom stereocenters. The van der Waals surface area contributed by atoms with Crippen molar-refractivity contribution >= 4 is 21.6 Å². The predicted molar refractivity (Wildman–Crippen MR) is 103 cm³/mol. The van der Waals surface area contributed by atoms with E-state index in [0.29, 0.717) is 11.7 Å². The van der Waals surface area contributed by atoms with Gasteiger partial charge in [0.05, 0.1) is 10.9 Å². The molecular formula is C19H32N3O3S+. The lowest BCUT2D eigenvalue weighted by atomic mass is 9.96. The topological polar surface area (TPSA) is 83.1 Å². The highest BCUT2D eigenvalue weighted by atomic mass is 32.2. The van der Waals surface area contributed by atoms with Gasteiger partial charge in [0.15, 0.2) is 6.04 Å². The van der Waals surface area contributed by atoms with Crippen molar-refractivity contribution in [3.05, 3.63) is 24.3 Å². The minimum Gasteiger partial charge on any atom is -0.334 e. The minimum atomic E-state index is -3.51. The van der Waals surface area contributed by atoms with Gasteiger partial charge in [-0.15, -0.1) is 0 Å². The van der Waals surface area contributed by atoms with E-state index < -0.39 is 10.0 Å². The number of carbonyl (C=O) groups excluding carboxylic acids is 1. The first-order valence-electron chi connectivity index (χ1n) is 9.49. The number of nitrogens with two attached hydrogens (primary N) is 1. The molecule has 0 aromatic heterocycles. The van der Waals surface area contributed by atoms with E-state index in [4.69, 9.17) is 0 Å². The van der Waals surface area contributed by atoms with Gasteiger partial charge in [0, 0.05) is 19.8 Å². The lowest BCUT2D eigenvalue weighted by molar-refractivity contribution is -0.707. The van der Waals surface area contributed by atoms with Gasteiger partial charge in [-0.25, -0.2) is 12.7 Å². The fourth-order valence-electron chi connectivity index (χ4n) is 3.38. The zero-order valence-electron chi connectivity index (χ0n) is 16.1. The maximum Gasteiger partial charge on any atom is 0.282 e. The Morgan fingerprint density at radius 2 is 1.77 bits per heavy atom. The second-order valence-electron chi connectivity index (χ2n) is 7.39. The maximum atomic E-state index is 12.5. The Balaban J connectivity index is 1.98. The number of rotatable bonds is 6. The summed E-state index contributed by atoms with van der Waals surface area (Å²) in [6.07, 6.45) is 8.70. The molecule has 1 aromatic carbocycles. The lowest BCUT2D eigenvalue weighted by Gasteiger charge is -2.21. The third-order valence-electron chi connectivity index (χ3n) is 5.00. The van der Waals surface area contributed by atoms with Crippen LogP contribution >= 0.6 is 0 Å². The number of nitrogens with one attached hydrogen (secondary N) is 1. The average Bonchev–Trinajstić information content (AvgIpc) is 2.57. The Morgan fingerprint density at radius 3 is 2.38 bits per heavy atom. The molecule has 0 saturated heterocycles. The van der Waals surface area contributed by atoms with Crippen LogP contribution < -0.4 is 10.6 Å². The van der Waals surface area contributed by atoms with Crippen LogP contribution in [0, 0.1) is 0 Å². The van der Waals surface area contributed by atoms with E-state index in [1.165, 1.54) is 62.6 Å². The fourth-order valence-corrected chi connectivity index (χ4v) is 4.33. The average molecular weight is 383 g/mol. The van der Waals surface area contributed by atoms with Crippen LogP contribution in [0.5, 0.6) is 0 Å². The van der Waals surface area contributed by atoms with Crippen LogP contribution in [0.1, 0.15) is 51.9 Å². The molecule has 1 aliphatic carbocycles. The summed E-state index contributed by atoms with van der Waals surface area (Å²) in [6, 6.07) is 6.71. The SMILES string of the molecule is C[C@H]([NH2+]C1CCCCCCC1)C(=O)Nc1cccc(S(=O)(=O)N(C)C)c1. The van der Waals surface area contributed by atoms with Crippen LogP contribution in [0.15, 0.2) is 29.2 Å². The fraction of sp³-hybridized carbons (Fsp3) is 0.632. The van der Waals surface area contributed by atoms with Crippen molar-refractivity contribution in [3.63, 3.8) is 0 Å². The summed E-state index contributed by atoms with van der Waals surface area (Å²) in [6.45, 7) is 1.91. The van der Waals surface area contributed by atoms with E-state index >= 15 is 0 Å². The third-order valence-corrected chi connectivity index (χ3v) is 6.82. The van der Waals surface area contributed by atoms with E-state index in [1.807, 2.05) is 6.92 Å². The zero-order chi connectivity index (χ0) is 19.2. The Labute approximate surface area is 157 Å². The van der Waals surface area contributed by atoms with Crippen LogP contribution in [0.3, 0.4) is 0 Å². The van der Waals surface area contributed by atoms with Gasteiger partial charge in [0.2, 0.25) is 10.0 Å². The smallest absolute Gasteiger partial charge is 0.282 e. The minimum absolute atomic E-state index is 0.0912. The van der Waals surface area contributed by atoms with E-state index in [0.717, 1.165) is 12.8 Å². The van der Waals surface area contributed by atoms with E-state index in [9.17, 15) is 13.2 Å². The first-order valence-corrected chi connectivity index (χ1v) is 10.9. The number of benzene rings is 1.